The molecule has 0 aliphatic carbocycles. The molecule has 2 N–H and O–H groups in total. The van der Waals surface area contributed by atoms with Crippen LogP contribution < -0.4 is 5.32 Å². The molecule has 8 heteroatoms. The van der Waals surface area contributed by atoms with E-state index >= 15 is 0 Å². The van der Waals surface area contributed by atoms with Gasteiger partial charge in [-0.15, -0.1) is 11.3 Å². The van der Waals surface area contributed by atoms with Gasteiger partial charge in [0, 0.05) is 17.1 Å². The summed E-state index contributed by atoms with van der Waals surface area (Å²) in [5.41, 5.74) is 1.52. The molecular formula is C17H11F3N4S. The lowest BCUT2D eigenvalue weighted by molar-refractivity contribution is -0.136. The number of rotatable bonds is 3. The van der Waals surface area contributed by atoms with Gasteiger partial charge in [0.05, 0.1) is 22.3 Å². The quantitative estimate of drug-likeness (QED) is 0.511. The molecule has 2 heterocycles. The first-order valence-electron chi connectivity index (χ1n) is 7.33. The summed E-state index contributed by atoms with van der Waals surface area (Å²) in [6.07, 6.45) is -2.72. The Morgan fingerprint density at radius 3 is 2.68 bits per heavy atom. The Balaban J connectivity index is 1.69. The average molecular weight is 360 g/mol. The third-order valence-corrected chi connectivity index (χ3v) is 4.47. The topological polar surface area (TPSA) is 53.6 Å². The van der Waals surface area contributed by atoms with Crippen LogP contribution >= 0.6 is 11.3 Å². The van der Waals surface area contributed by atoms with Gasteiger partial charge in [0.2, 0.25) is 5.95 Å². The Morgan fingerprint density at radius 1 is 1.08 bits per heavy atom. The fourth-order valence-corrected chi connectivity index (χ4v) is 3.17. The number of halogens is 3. The third kappa shape index (κ3) is 3.08. The maximum Gasteiger partial charge on any atom is 0.418 e. The van der Waals surface area contributed by atoms with E-state index in [4.69, 9.17) is 0 Å². The zero-order chi connectivity index (χ0) is 17.4. The van der Waals surface area contributed by atoms with E-state index in [0.717, 1.165) is 22.2 Å². The predicted octanol–water partition coefficient (Wildman–Crippen LogP) is 5.45. The largest absolute Gasteiger partial charge is 0.418 e. The maximum atomic E-state index is 13.1. The van der Waals surface area contributed by atoms with Crippen molar-refractivity contribution in [3.8, 4) is 10.6 Å². The van der Waals surface area contributed by atoms with Crippen molar-refractivity contribution >= 4 is 34.0 Å². The maximum absolute atomic E-state index is 13.1. The van der Waals surface area contributed by atoms with Crippen molar-refractivity contribution in [1.29, 1.82) is 0 Å². The van der Waals surface area contributed by atoms with Crippen LogP contribution in [0.15, 0.2) is 54.0 Å². The minimum absolute atomic E-state index is 0.0470. The van der Waals surface area contributed by atoms with E-state index in [-0.39, 0.29) is 11.6 Å². The molecule has 0 bridgehead atoms. The third-order valence-electron chi connectivity index (χ3n) is 3.65. The van der Waals surface area contributed by atoms with Gasteiger partial charge in [0.1, 0.15) is 5.01 Å². The number of hydrogen-bond acceptors (Lipinski definition) is 4. The van der Waals surface area contributed by atoms with Crippen molar-refractivity contribution in [2.45, 2.75) is 6.18 Å². The van der Waals surface area contributed by atoms with Crippen LogP contribution in [0.25, 0.3) is 21.6 Å². The van der Waals surface area contributed by atoms with Gasteiger partial charge in [-0.1, -0.05) is 12.1 Å². The van der Waals surface area contributed by atoms with Crippen LogP contribution in [-0.4, -0.2) is 15.0 Å². The van der Waals surface area contributed by atoms with Crippen molar-refractivity contribution in [1.82, 2.24) is 15.0 Å². The van der Waals surface area contributed by atoms with Crippen LogP contribution in [-0.2, 0) is 6.18 Å². The second-order valence-corrected chi connectivity index (χ2v) is 6.22. The second kappa shape index (κ2) is 5.89. The minimum Gasteiger partial charge on any atom is -0.325 e. The first-order chi connectivity index (χ1) is 12.0. The Bertz CT molecular complexity index is 1020. The summed E-state index contributed by atoms with van der Waals surface area (Å²) in [7, 11) is 0. The molecular weight excluding hydrogens is 349 g/mol. The van der Waals surface area contributed by atoms with Crippen molar-refractivity contribution < 1.29 is 13.2 Å². The van der Waals surface area contributed by atoms with Crippen LogP contribution in [0.4, 0.5) is 24.8 Å². The number of thiazole rings is 1. The molecule has 0 radical (unpaired) electrons. The van der Waals surface area contributed by atoms with Gasteiger partial charge in [0.25, 0.3) is 0 Å². The number of nitrogens with zero attached hydrogens (tertiary/aromatic N) is 2. The number of para-hydroxylation sites is 1. The van der Waals surface area contributed by atoms with Gasteiger partial charge in [-0.2, -0.15) is 13.2 Å². The molecule has 0 unspecified atom stereocenters. The van der Waals surface area contributed by atoms with Gasteiger partial charge in [-0.25, -0.2) is 9.97 Å². The molecule has 25 heavy (non-hydrogen) atoms. The zero-order valence-corrected chi connectivity index (χ0v) is 13.4. The minimum atomic E-state index is -4.44. The van der Waals surface area contributed by atoms with E-state index in [1.165, 1.54) is 23.5 Å². The second-order valence-electron chi connectivity index (χ2n) is 5.32. The summed E-state index contributed by atoms with van der Waals surface area (Å²) in [6, 6.07) is 10.9. The van der Waals surface area contributed by atoms with Gasteiger partial charge in [-0.3, -0.25) is 0 Å². The number of alkyl halides is 3. The van der Waals surface area contributed by atoms with Gasteiger partial charge in [-0.05, 0) is 30.3 Å². The number of fused-ring (bicyclic) bond motifs is 1. The molecule has 0 atom stereocenters. The number of nitrogens with one attached hydrogen (secondary N) is 2. The number of aromatic amines is 1. The molecule has 2 aromatic heterocycles. The molecule has 0 fully saturated rings. The number of aromatic nitrogens is 3. The Labute approximate surface area is 144 Å². The summed E-state index contributed by atoms with van der Waals surface area (Å²) >= 11 is 1.51. The van der Waals surface area contributed by atoms with Crippen molar-refractivity contribution in [3.63, 3.8) is 0 Å². The molecule has 0 amide bonds. The Morgan fingerprint density at radius 2 is 1.92 bits per heavy atom. The summed E-state index contributed by atoms with van der Waals surface area (Å²) in [4.78, 5) is 11.6. The highest BCUT2D eigenvalue weighted by atomic mass is 32.1. The van der Waals surface area contributed by atoms with Crippen molar-refractivity contribution in [3.05, 3.63) is 59.6 Å². The standard InChI is InChI=1S/C17H11F3N4S/c18-17(19,20)11-3-1-2-4-12(11)22-16-23-13-6-5-10(9-14(13)24-16)15-21-7-8-25-15/h1-9H,(H2,22,23,24). The smallest absolute Gasteiger partial charge is 0.325 e. The van der Waals surface area contributed by atoms with Crippen molar-refractivity contribution in [2.24, 2.45) is 0 Å². The molecule has 4 aromatic rings. The van der Waals surface area contributed by atoms with E-state index in [1.807, 2.05) is 23.6 Å². The summed E-state index contributed by atoms with van der Waals surface area (Å²) < 4.78 is 39.3. The molecule has 0 aliphatic rings. The lowest BCUT2D eigenvalue weighted by Crippen LogP contribution is -2.08. The lowest BCUT2D eigenvalue weighted by atomic mass is 10.1. The number of benzene rings is 2. The zero-order valence-electron chi connectivity index (χ0n) is 12.6. The van der Waals surface area contributed by atoms with E-state index in [0.29, 0.717) is 5.52 Å². The highest BCUT2D eigenvalue weighted by Crippen LogP contribution is 2.35. The van der Waals surface area contributed by atoms with Crippen molar-refractivity contribution in [2.75, 3.05) is 5.32 Å². The number of anilines is 2. The van der Waals surface area contributed by atoms with E-state index in [2.05, 4.69) is 20.3 Å². The van der Waals surface area contributed by atoms with Crippen LogP contribution in [0.3, 0.4) is 0 Å². The van der Waals surface area contributed by atoms with E-state index < -0.39 is 11.7 Å². The highest BCUT2D eigenvalue weighted by Gasteiger charge is 2.33. The Kier molecular flexibility index (Phi) is 3.69. The van der Waals surface area contributed by atoms with Crippen LogP contribution in [0.1, 0.15) is 5.56 Å². The molecule has 0 aliphatic heterocycles. The summed E-state index contributed by atoms with van der Waals surface area (Å²) in [5.74, 6) is 0.253. The number of hydrogen-bond donors (Lipinski definition) is 2. The molecule has 2 aromatic carbocycles. The molecule has 4 nitrogen and oxygen atoms in total. The normalized spacial score (nSPS) is 11.8. The molecule has 0 spiro atoms. The van der Waals surface area contributed by atoms with Crippen LogP contribution in [0.5, 0.6) is 0 Å². The van der Waals surface area contributed by atoms with Gasteiger partial charge < -0.3 is 10.3 Å². The molecule has 126 valence electrons. The Hall–Kier alpha value is -2.87. The summed E-state index contributed by atoms with van der Waals surface area (Å²) in [6.45, 7) is 0. The monoisotopic (exact) mass is 360 g/mol. The first kappa shape index (κ1) is 15.6. The fourth-order valence-electron chi connectivity index (χ4n) is 2.53. The number of imidazole rings is 1. The first-order valence-corrected chi connectivity index (χ1v) is 8.21. The predicted molar refractivity (Wildman–Crippen MR) is 91.9 cm³/mol. The molecule has 4 rings (SSSR count). The SMILES string of the molecule is FC(F)(F)c1ccccc1Nc1nc2ccc(-c3nccs3)cc2[nH]1. The van der Waals surface area contributed by atoms with Crippen LogP contribution in [0.2, 0.25) is 0 Å². The fraction of sp³-hybridized carbons (Fsp3) is 0.0588. The van der Waals surface area contributed by atoms with Gasteiger partial charge >= 0.3 is 6.18 Å². The number of H-pyrrole nitrogens is 1. The molecule has 0 saturated heterocycles. The molecule has 0 saturated carbocycles. The summed E-state index contributed by atoms with van der Waals surface area (Å²) in [5, 5.41) is 5.47. The average Bonchev–Trinajstić information content (AvgIpc) is 3.22. The van der Waals surface area contributed by atoms with E-state index in [9.17, 15) is 13.2 Å². The van der Waals surface area contributed by atoms with Crippen LogP contribution in [0, 0.1) is 0 Å². The lowest BCUT2D eigenvalue weighted by Gasteiger charge is -2.12. The van der Waals surface area contributed by atoms with E-state index in [1.54, 1.807) is 12.3 Å². The highest BCUT2D eigenvalue weighted by molar-refractivity contribution is 7.13. The van der Waals surface area contributed by atoms with Gasteiger partial charge in [0.15, 0.2) is 0 Å².